The zero-order valence-electron chi connectivity index (χ0n) is 27.0. The van der Waals surface area contributed by atoms with Gasteiger partial charge in [-0.2, -0.15) is 0 Å². The van der Waals surface area contributed by atoms with Crippen molar-refractivity contribution in [2.75, 3.05) is 6.54 Å². The Balaban J connectivity index is 1.42. The van der Waals surface area contributed by atoms with E-state index in [9.17, 15) is 32.4 Å². The van der Waals surface area contributed by atoms with E-state index >= 15 is 0 Å². The van der Waals surface area contributed by atoms with Crippen LogP contribution < -0.4 is 15.4 Å². The average molecular weight is 673 g/mol. The molecule has 5 rings (SSSR count). The van der Waals surface area contributed by atoms with Crippen LogP contribution in [0.2, 0.25) is 0 Å². The van der Waals surface area contributed by atoms with Crippen LogP contribution in [0.15, 0.2) is 42.5 Å². The minimum Gasteiger partial charge on any atom is -0.457 e. The summed E-state index contributed by atoms with van der Waals surface area (Å²) >= 11 is 0. The molecule has 47 heavy (non-hydrogen) atoms. The molecule has 1 aromatic rings. The number of hydrogen-bond donors (Lipinski definition) is 3. The van der Waals surface area contributed by atoms with E-state index in [2.05, 4.69) is 15.4 Å². The highest BCUT2D eigenvalue weighted by atomic mass is 32.2. The van der Waals surface area contributed by atoms with E-state index in [1.165, 1.54) is 4.90 Å². The lowest BCUT2D eigenvalue weighted by Gasteiger charge is -2.30. The minimum absolute atomic E-state index is 0.0616. The van der Waals surface area contributed by atoms with Gasteiger partial charge in [0.15, 0.2) is 0 Å². The molecule has 3 fully saturated rings. The molecule has 3 N–H and O–H groups in total. The number of ether oxygens (including phenoxy) is 2. The maximum Gasteiger partial charge on any atom is 0.408 e. The Morgan fingerprint density at radius 3 is 2.43 bits per heavy atom. The van der Waals surface area contributed by atoms with Gasteiger partial charge in [0.1, 0.15) is 29.3 Å². The van der Waals surface area contributed by atoms with Crippen LogP contribution in [0, 0.1) is 5.92 Å². The predicted molar refractivity (Wildman–Crippen MR) is 170 cm³/mol. The second kappa shape index (κ2) is 13.7. The molecular formula is C33H44N4O9S. The summed E-state index contributed by atoms with van der Waals surface area (Å²) in [5.41, 5.74) is -2.02. The van der Waals surface area contributed by atoms with Gasteiger partial charge in [-0.1, -0.05) is 43.2 Å². The lowest BCUT2D eigenvalue weighted by Crippen LogP contribution is -2.58. The Bertz CT molecular complexity index is 1520. The Morgan fingerprint density at radius 2 is 1.74 bits per heavy atom. The molecule has 1 saturated heterocycles. The number of sulfonamides is 1. The second-order valence-electron chi connectivity index (χ2n) is 13.8. The summed E-state index contributed by atoms with van der Waals surface area (Å²) in [7, 11) is -3.89. The van der Waals surface area contributed by atoms with Crippen LogP contribution in [0.4, 0.5) is 4.79 Å². The standard InChI is InChI=1S/C33H44N4O9S/c1-32(2,3)46-31(42)34-25-15-11-6-4-5-10-14-22-19-33(22,30(41)36-47(43,44)24-16-17-24)35-27(38)26-18-23(20-37(26)28(25)39)45-29(40)21-12-8-7-9-13-21/h7-10,12-14,22-26H,4-6,11,15-20H2,1-3H3,(H,34,42)(H,35,38)(H,36,41)/t22-,23-,25+,26+,33-/m1/s1. The largest absolute Gasteiger partial charge is 0.457 e. The molecule has 2 saturated carbocycles. The molecule has 1 aromatic carbocycles. The van der Waals surface area contributed by atoms with Crippen molar-refractivity contribution in [3.05, 3.63) is 48.0 Å². The highest BCUT2D eigenvalue weighted by molar-refractivity contribution is 7.91. The number of allylic oxidation sites excluding steroid dienone is 1. The number of amides is 4. The first-order valence-corrected chi connectivity index (χ1v) is 17.8. The number of rotatable bonds is 6. The first kappa shape index (κ1) is 34.4. The van der Waals surface area contributed by atoms with Crippen molar-refractivity contribution < 1.29 is 41.9 Å². The molecule has 256 valence electrons. The fraction of sp³-hybridized carbons (Fsp3) is 0.606. The Kier molecular flexibility index (Phi) is 9.99. The van der Waals surface area contributed by atoms with Crippen LogP contribution in [0.25, 0.3) is 0 Å². The maximum atomic E-state index is 14.2. The van der Waals surface area contributed by atoms with Gasteiger partial charge < -0.3 is 25.0 Å². The van der Waals surface area contributed by atoms with Gasteiger partial charge in [-0.25, -0.2) is 18.0 Å². The molecule has 0 spiro atoms. The van der Waals surface area contributed by atoms with Crippen molar-refractivity contribution in [3.8, 4) is 0 Å². The molecule has 2 heterocycles. The third kappa shape index (κ3) is 8.51. The van der Waals surface area contributed by atoms with Gasteiger partial charge in [0.25, 0.3) is 5.91 Å². The van der Waals surface area contributed by atoms with Crippen molar-refractivity contribution in [2.45, 2.75) is 113 Å². The summed E-state index contributed by atoms with van der Waals surface area (Å²) in [5, 5.41) is 4.83. The van der Waals surface area contributed by atoms with E-state index < -0.39 is 80.3 Å². The summed E-state index contributed by atoms with van der Waals surface area (Å²) in [5.74, 6) is -3.11. The molecule has 4 aliphatic rings. The quantitative estimate of drug-likeness (QED) is 0.303. The molecule has 5 atom stereocenters. The zero-order valence-corrected chi connectivity index (χ0v) is 27.8. The normalized spacial score (nSPS) is 28.4. The summed E-state index contributed by atoms with van der Waals surface area (Å²) in [4.78, 5) is 68.7. The fourth-order valence-electron chi connectivity index (χ4n) is 6.09. The summed E-state index contributed by atoms with van der Waals surface area (Å²) in [6.45, 7) is 4.99. The lowest BCUT2D eigenvalue weighted by molar-refractivity contribution is -0.141. The predicted octanol–water partition coefficient (Wildman–Crippen LogP) is 2.71. The van der Waals surface area contributed by atoms with Crippen LogP contribution in [0.3, 0.4) is 0 Å². The topological polar surface area (TPSA) is 177 Å². The number of hydrogen-bond acceptors (Lipinski definition) is 9. The van der Waals surface area contributed by atoms with E-state index in [4.69, 9.17) is 9.47 Å². The van der Waals surface area contributed by atoms with E-state index in [0.29, 0.717) is 31.2 Å². The number of nitrogens with zero attached hydrogens (tertiary/aromatic N) is 1. The second-order valence-corrected chi connectivity index (χ2v) is 15.8. The fourth-order valence-corrected chi connectivity index (χ4v) is 7.45. The number of benzene rings is 1. The molecule has 2 aliphatic carbocycles. The van der Waals surface area contributed by atoms with E-state index in [1.54, 1.807) is 51.1 Å². The van der Waals surface area contributed by atoms with Gasteiger partial charge >= 0.3 is 12.1 Å². The molecule has 0 unspecified atom stereocenters. The number of nitrogens with one attached hydrogen (secondary N) is 3. The summed E-state index contributed by atoms with van der Waals surface area (Å²) in [6.07, 6.45) is 6.27. The molecule has 0 radical (unpaired) electrons. The SMILES string of the molecule is CC(C)(C)OC(=O)N[C@H]1CCCCCC=C[C@@H]2C[C@@]2(C(=O)NS(=O)(=O)C2CC2)NC(=O)[C@@H]2C[C@@H](OC(=O)c3ccccc3)CN2C1=O. The first-order chi connectivity index (χ1) is 22.2. The van der Waals surface area contributed by atoms with Crippen molar-refractivity contribution in [1.82, 2.24) is 20.3 Å². The summed E-state index contributed by atoms with van der Waals surface area (Å²) < 4.78 is 38.7. The number of carbonyl (C=O) groups is 5. The van der Waals surface area contributed by atoms with E-state index in [1.807, 2.05) is 12.2 Å². The molecule has 0 aromatic heterocycles. The number of alkyl carbamates (subject to hydrolysis) is 1. The Hall–Kier alpha value is -3.94. The molecule has 4 amide bonds. The monoisotopic (exact) mass is 672 g/mol. The van der Waals surface area contributed by atoms with Crippen molar-refractivity contribution in [1.29, 1.82) is 0 Å². The van der Waals surface area contributed by atoms with Gasteiger partial charge in [0, 0.05) is 12.3 Å². The first-order valence-electron chi connectivity index (χ1n) is 16.3. The third-order valence-corrected chi connectivity index (χ3v) is 10.6. The lowest BCUT2D eigenvalue weighted by atomic mass is 10.0. The molecule has 2 aliphatic heterocycles. The van der Waals surface area contributed by atoms with Crippen LogP contribution in [-0.4, -0.2) is 84.2 Å². The van der Waals surface area contributed by atoms with Crippen LogP contribution in [-0.2, 0) is 33.9 Å². The van der Waals surface area contributed by atoms with Gasteiger partial charge in [0.2, 0.25) is 21.8 Å². The molecule has 14 heteroatoms. The smallest absolute Gasteiger partial charge is 0.408 e. The highest BCUT2D eigenvalue weighted by Gasteiger charge is 2.62. The molecule has 0 bridgehead atoms. The van der Waals surface area contributed by atoms with E-state index in [0.717, 1.165) is 12.8 Å². The van der Waals surface area contributed by atoms with Crippen LogP contribution in [0.5, 0.6) is 0 Å². The van der Waals surface area contributed by atoms with Crippen molar-refractivity contribution in [2.24, 2.45) is 5.92 Å². The van der Waals surface area contributed by atoms with Gasteiger partial charge in [-0.05, 0) is 71.4 Å². The van der Waals surface area contributed by atoms with Crippen molar-refractivity contribution >= 4 is 39.8 Å². The number of fused-ring (bicyclic) bond motifs is 2. The van der Waals surface area contributed by atoms with Gasteiger partial charge in [-0.15, -0.1) is 0 Å². The van der Waals surface area contributed by atoms with Gasteiger partial charge in [0.05, 0.1) is 17.4 Å². The van der Waals surface area contributed by atoms with Crippen LogP contribution in [0.1, 0.15) is 88.9 Å². The average Bonchev–Trinajstić information content (AvgIpc) is 3.92. The Morgan fingerprint density at radius 1 is 1.02 bits per heavy atom. The Labute approximate surface area is 275 Å². The number of esters is 1. The number of carbonyl (C=O) groups excluding carboxylic acids is 5. The van der Waals surface area contributed by atoms with Crippen molar-refractivity contribution in [3.63, 3.8) is 0 Å². The highest BCUT2D eigenvalue weighted by Crippen LogP contribution is 2.46. The zero-order chi connectivity index (χ0) is 34.0. The molecular weight excluding hydrogens is 628 g/mol. The molecule has 13 nitrogen and oxygen atoms in total. The maximum absolute atomic E-state index is 14.2. The third-order valence-electron chi connectivity index (χ3n) is 8.82. The summed E-state index contributed by atoms with van der Waals surface area (Å²) in [6, 6.07) is 6.12. The van der Waals surface area contributed by atoms with Gasteiger partial charge in [-0.3, -0.25) is 19.1 Å². The van der Waals surface area contributed by atoms with E-state index in [-0.39, 0.29) is 25.8 Å². The minimum atomic E-state index is -3.89. The van der Waals surface area contributed by atoms with Crippen LogP contribution >= 0.6 is 0 Å².